The predicted octanol–water partition coefficient (Wildman–Crippen LogP) is 3.45. The molecule has 0 spiro atoms. The minimum Gasteiger partial charge on any atom is -0.508 e. The van der Waals surface area contributed by atoms with Crippen LogP contribution in [0.2, 0.25) is 0 Å². The molecule has 1 aliphatic carbocycles. The first-order valence-corrected chi connectivity index (χ1v) is 7.30. The largest absolute Gasteiger partial charge is 0.508 e. The zero-order chi connectivity index (χ0) is 13.9. The summed E-state index contributed by atoms with van der Waals surface area (Å²) in [7, 11) is 2.21. The number of rotatable bonds is 0. The van der Waals surface area contributed by atoms with Crippen molar-refractivity contribution in [1.82, 2.24) is 4.90 Å². The van der Waals surface area contributed by atoms with Crippen molar-refractivity contribution in [3.63, 3.8) is 0 Å². The van der Waals surface area contributed by atoms with E-state index in [1.807, 2.05) is 13.0 Å². The van der Waals surface area contributed by atoms with Gasteiger partial charge in [0.2, 0.25) is 0 Å². The monoisotopic (exact) mass is 265 g/mol. The van der Waals surface area contributed by atoms with E-state index >= 15 is 0 Å². The first-order chi connectivity index (χ1) is 9.65. The third-order valence-corrected chi connectivity index (χ3v) is 4.92. The molecule has 2 aromatic carbocycles. The Kier molecular flexibility index (Phi) is 2.45. The average Bonchev–Trinajstić information content (AvgIpc) is 2.45. The number of phenolic OH excluding ortho intramolecular Hbond substituents is 1. The van der Waals surface area contributed by atoms with E-state index in [0.29, 0.717) is 11.8 Å². The van der Waals surface area contributed by atoms with E-state index in [1.54, 1.807) is 0 Å². The molecular formula is C18H19NO. The number of hydrogen-bond donors (Lipinski definition) is 1. The molecule has 2 heteroatoms. The maximum atomic E-state index is 10.0. The zero-order valence-electron chi connectivity index (χ0n) is 12.0. The predicted molar refractivity (Wildman–Crippen MR) is 81.1 cm³/mol. The van der Waals surface area contributed by atoms with Gasteiger partial charge in [-0.25, -0.2) is 0 Å². The molecule has 2 aliphatic rings. The van der Waals surface area contributed by atoms with Crippen LogP contribution in [0.4, 0.5) is 0 Å². The molecule has 102 valence electrons. The van der Waals surface area contributed by atoms with Crippen molar-refractivity contribution in [3.8, 4) is 16.9 Å². The lowest BCUT2D eigenvalue weighted by molar-refractivity contribution is 0.228. The van der Waals surface area contributed by atoms with Gasteiger partial charge >= 0.3 is 0 Å². The van der Waals surface area contributed by atoms with E-state index in [2.05, 4.69) is 36.2 Å². The summed E-state index contributed by atoms with van der Waals surface area (Å²) in [6, 6.07) is 11.3. The van der Waals surface area contributed by atoms with Crippen molar-refractivity contribution < 1.29 is 5.11 Å². The molecule has 0 radical (unpaired) electrons. The third-order valence-electron chi connectivity index (χ3n) is 4.92. The van der Waals surface area contributed by atoms with E-state index < -0.39 is 0 Å². The lowest BCUT2D eigenvalue weighted by Crippen LogP contribution is -2.35. The van der Waals surface area contributed by atoms with Crippen LogP contribution in [0.1, 0.15) is 28.3 Å². The van der Waals surface area contributed by atoms with Crippen molar-refractivity contribution in [2.24, 2.45) is 0 Å². The number of likely N-dealkylation sites (N-methyl/N-ethyl adjacent to an activating group) is 1. The second-order valence-electron chi connectivity index (χ2n) is 6.12. The lowest BCUT2D eigenvalue weighted by Gasteiger charge is -2.39. The Balaban J connectivity index is 2.02. The molecule has 4 rings (SSSR count). The van der Waals surface area contributed by atoms with E-state index in [9.17, 15) is 5.11 Å². The number of phenols is 1. The molecule has 2 nitrogen and oxygen atoms in total. The smallest absolute Gasteiger partial charge is 0.118 e. The Bertz CT molecular complexity index is 705. The maximum Gasteiger partial charge on any atom is 0.118 e. The van der Waals surface area contributed by atoms with Gasteiger partial charge in [-0.2, -0.15) is 0 Å². The molecule has 2 aromatic rings. The molecule has 1 atom stereocenters. The fourth-order valence-electron chi connectivity index (χ4n) is 3.76. The van der Waals surface area contributed by atoms with E-state index in [4.69, 9.17) is 0 Å². The summed E-state index contributed by atoms with van der Waals surface area (Å²) in [6.45, 7) is 3.09. The first kappa shape index (κ1) is 12.0. The Labute approximate surface area is 119 Å². The van der Waals surface area contributed by atoms with Gasteiger partial charge in [-0.1, -0.05) is 18.2 Å². The van der Waals surface area contributed by atoms with Gasteiger partial charge in [0.25, 0.3) is 0 Å². The molecule has 0 unspecified atom stereocenters. The second kappa shape index (κ2) is 4.10. The minimum atomic E-state index is 0.418. The highest BCUT2D eigenvalue weighted by molar-refractivity contribution is 5.77. The van der Waals surface area contributed by atoms with Crippen molar-refractivity contribution >= 4 is 0 Å². The Morgan fingerprint density at radius 1 is 1.15 bits per heavy atom. The molecule has 0 fully saturated rings. The maximum absolute atomic E-state index is 10.0. The molecule has 20 heavy (non-hydrogen) atoms. The summed E-state index contributed by atoms with van der Waals surface area (Å²) in [5.41, 5.74) is 7.92. The number of hydrogen-bond acceptors (Lipinski definition) is 2. The van der Waals surface area contributed by atoms with Crippen LogP contribution in [-0.2, 0) is 12.8 Å². The molecule has 0 aromatic heterocycles. The zero-order valence-corrected chi connectivity index (χ0v) is 12.0. The van der Waals surface area contributed by atoms with E-state index in [-0.39, 0.29) is 0 Å². The van der Waals surface area contributed by atoms with E-state index in [1.165, 1.54) is 27.8 Å². The van der Waals surface area contributed by atoms with Crippen molar-refractivity contribution in [3.05, 3.63) is 52.6 Å². The van der Waals surface area contributed by atoms with Gasteiger partial charge in [0.1, 0.15) is 5.75 Å². The highest BCUT2D eigenvalue weighted by atomic mass is 16.3. The fourth-order valence-corrected chi connectivity index (χ4v) is 3.76. The summed E-state index contributed by atoms with van der Waals surface area (Å²) in [4.78, 5) is 2.45. The average molecular weight is 265 g/mol. The van der Waals surface area contributed by atoms with Gasteiger partial charge in [0, 0.05) is 12.6 Å². The number of aryl methyl sites for hydroxylation is 1. The van der Waals surface area contributed by atoms with Gasteiger partial charge in [0.05, 0.1) is 0 Å². The van der Waals surface area contributed by atoms with Gasteiger partial charge in [-0.05, 0) is 72.3 Å². The van der Waals surface area contributed by atoms with Gasteiger partial charge in [-0.15, -0.1) is 0 Å². The Morgan fingerprint density at radius 3 is 2.85 bits per heavy atom. The minimum absolute atomic E-state index is 0.418. The molecule has 1 heterocycles. The van der Waals surface area contributed by atoms with Crippen LogP contribution in [0.3, 0.4) is 0 Å². The van der Waals surface area contributed by atoms with E-state index in [0.717, 1.165) is 24.9 Å². The summed E-state index contributed by atoms with van der Waals surface area (Å²) < 4.78 is 0. The summed E-state index contributed by atoms with van der Waals surface area (Å²) >= 11 is 0. The molecule has 1 N–H and O–H groups in total. The van der Waals surface area contributed by atoms with Crippen molar-refractivity contribution in [1.29, 1.82) is 0 Å². The first-order valence-electron chi connectivity index (χ1n) is 7.30. The van der Waals surface area contributed by atoms with Gasteiger partial charge < -0.3 is 5.11 Å². The van der Waals surface area contributed by atoms with Gasteiger partial charge in [0.15, 0.2) is 0 Å². The molecule has 0 saturated heterocycles. The molecule has 0 bridgehead atoms. The molecular weight excluding hydrogens is 246 g/mol. The van der Waals surface area contributed by atoms with Crippen LogP contribution in [-0.4, -0.2) is 23.6 Å². The fraction of sp³-hybridized carbons (Fsp3) is 0.333. The van der Waals surface area contributed by atoms with Gasteiger partial charge in [-0.3, -0.25) is 4.90 Å². The van der Waals surface area contributed by atoms with Crippen LogP contribution in [0.25, 0.3) is 11.1 Å². The van der Waals surface area contributed by atoms with Crippen LogP contribution in [0.15, 0.2) is 30.3 Å². The third kappa shape index (κ3) is 1.55. The number of benzene rings is 2. The van der Waals surface area contributed by atoms with Crippen LogP contribution in [0, 0.1) is 6.92 Å². The number of aromatic hydroxyl groups is 1. The van der Waals surface area contributed by atoms with Crippen LogP contribution in [0.5, 0.6) is 5.75 Å². The second-order valence-corrected chi connectivity index (χ2v) is 6.12. The number of nitrogens with zero attached hydrogens (tertiary/aromatic N) is 1. The SMILES string of the molecule is Cc1cc2c(cc1O)C[C@@H]1c3c(cccc3-2)CCN1C. The topological polar surface area (TPSA) is 23.5 Å². The molecule has 0 saturated carbocycles. The Hall–Kier alpha value is -1.80. The lowest BCUT2D eigenvalue weighted by atomic mass is 9.77. The van der Waals surface area contributed by atoms with Crippen LogP contribution >= 0.6 is 0 Å². The quantitative estimate of drug-likeness (QED) is 0.788. The standard InChI is InChI=1S/C18H19NO/c1-11-8-15-13(10-17(11)20)9-16-18-12(6-7-19(16)2)4-3-5-14(15)18/h3-5,8,10,16,20H,6-7,9H2,1-2H3/t16-/m1/s1. The summed E-state index contributed by atoms with van der Waals surface area (Å²) in [6.07, 6.45) is 2.15. The summed E-state index contributed by atoms with van der Waals surface area (Å²) in [5, 5.41) is 10.0. The van der Waals surface area contributed by atoms with Crippen molar-refractivity contribution in [2.75, 3.05) is 13.6 Å². The molecule has 1 aliphatic heterocycles. The van der Waals surface area contributed by atoms with Crippen molar-refractivity contribution in [2.45, 2.75) is 25.8 Å². The molecule has 0 amide bonds. The normalized spacial score (nSPS) is 20.4. The summed E-state index contributed by atoms with van der Waals surface area (Å²) in [5.74, 6) is 0.418. The highest BCUT2D eigenvalue weighted by Gasteiger charge is 2.32. The highest BCUT2D eigenvalue weighted by Crippen LogP contribution is 2.45. The Morgan fingerprint density at radius 2 is 2.00 bits per heavy atom. The van der Waals surface area contributed by atoms with Crippen LogP contribution < -0.4 is 0 Å². The number of fused-ring (bicyclic) bond motifs is 2.